The average molecular weight is 260 g/mol. The van der Waals surface area contributed by atoms with Crippen molar-refractivity contribution in [2.24, 2.45) is 0 Å². The quantitative estimate of drug-likeness (QED) is 0.839. The summed E-state index contributed by atoms with van der Waals surface area (Å²) in [6.45, 7) is 2.73. The van der Waals surface area contributed by atoms with Crippen LogP contribution in [-0.4, -0.2) is 30.7 Å². The van der Waals surface area contributed by atoms with E-state index >= 15 is 0 Å². The summed E-state index contributed by atoms with van der Waals surface area (Å²) in [4.78, 5) is 17.9. The minimum Gasteiger partial charge on any atom is -0.478 e. The summed E-state index contributed by atoms with van der Waals surface area (Å²) in [5, 5.41) is 12.2. The van der Waals surface area contributed by atoms with Crippen LogP contribution in [-0.2, 0) is 6.18 Å². The van der Waals surface area contributed by atoms with Crippen LogP contribution in [0.15, 0.2) is 0 Å². The lowest BCUT2D eigenvalue weighted by molar-refractivity contribution is -0.144. The first-order valence-corrected chi connectivity index (χ1v) is 4.76. The van der Waals surface area contributed by atoms with Crippen molar-refractivity contribution in [1.29, 1.82) is 0 Å². The van der Waals surface area contributed by atoms with Crippen LogP contribution in [0, 0.1) is 13.8 Å². The van der Waals surface area contributed by atoms with Crippen molar-refractivity contribution < 1.29 is 23.1 Å². The molecule has 18 heavy (non-hydrogen) atoms. The number of carbonyl (C=O) groups is 1. The molecular weight excluding hydrogens is 253 g/mol. The SMILES string of the molecule is Cc1nc2nc(C(F)(F)F)nn2c(C)c1C(=O)O. The summed E-state index contributed by atoms with van der Waals surface area (Å²) >= 11 is 0. The van der Waals surface area contributed by atoms with Gasteiger partial charge >= 0.3 is 12.1 Å². The largest absolute Gasteiger partial charge is 0.478 e. The highest BCUT2D eigenvalue weighted by Crippen LogP contribution is 2.27. The van der Waals surface area contributed by atoms with Crippen LogP contribution in [0.4, 0.5) is 13.2 Å². The van der Waals surface area contributed by atoms with Gasteiger partial charge in [0.2, 0.25) is 0 Å². The normalized spacial score (nSPS) is 12.1. The molecule has 1 N–H and O–H groups in total. The Balaban J connectivity index is 2.79. The van der Waals surface area contributed by atoms with Crippen LogP contribution in [0.25, 0.3) is 5.78 Å². The van der Waals surface area contributed by atoms with E-state index in [1.54, 1.807) is 0 Å². The molecule has 2 rings (SSSR count). The van der Waals surface area contributed by atoms with Crippen molar-refractivity contribution in [3.63, 3.8) is 0 Å². The highest BCUT2D eigenvalue weighted by Gasteiger charge is 2.37. The molecule has 0 fully saturated rings. The smallest absolute Gasteiger partial charge is 0.453 e. The second-order valence-corrected chi connectivity index (χ2v) is 3.61. The fourth-order valence-corrected chi connectivity index (χ4v) is 1.60. The summed E-state index contributed by atoms with van der Waals surface area (Å²) in [6, 6.07) is 0. The van der Waals surface area contributed by atoms with E-state index in [2.05, 4.69) is 15.1 Å². The lowest BCUT2D eigenvalue weighted by atomic mass is 10.2. The van der Waals surface area contributed by atoms with Gasteiger partial charge in [0.25, 0.3) is 11.6 Å². The van der Waals surface area contributed by atoms with E-state index in [1.165, 1.54) is 13.8 Å². The predicted molar refractivity (Wildman–Crippen MR) is 52.2 cm³/mol. The van der Waals surface area contributed by atoms with Gasteiger partial charge in [-0.2, -0.15) is 18.2 Å². The molecule has 2 heterocycles. The van der Waals surface area contributed by atoms with Crippen LogP contribution >= 0.6 is 0 Å². The number of alkyl halides is 3. The van der Waals surface area contributed by atoms with Crippen molar-refractivity contribution in [2.75, 3.05) is 0 Å². The molecule has 0 aliphatic carbocycles. The summed E-state index contributed by atoms with van der Waals surface area (Å²) in [5.41, 5.74) is -0.0391. The number of fused-ring (bicyclic) bond motifs is 1. The lowest BCUT2D eigenvalue weighted by Crippen LogP contribution is -2.11. The number of hydrogen-bond donors (Lipinski definition) is 1. The third kappa shape index (κ3) is 1.77. The minimum atomic E-state index is -4.70. The molecule has 9 heteroatoms. The molecule has 0 aliphatic heterocycles. The lowest BCUT2D eigenvalue weighted by Gasteiger charge is -2.05. The number of carboxylic acid groups (broad SMARTS) is 1. The molecule has 6 nitrogen and oxygen atoms in total. The van der Waals surface area contributed by atoms with Crippen LogP contribution in [0.2, 0.25) is 0 Å². The Labute approximate surface area is 98.1 Å². The maximum absolute atomic E-state index is 12.4. The zero-order valence-electron chi connectivity index (χ0n) is 9.28. The summed E-state index contributed by atoms with van der Waals surface area (Å²) in [6.07, 6.45) is -4.70. The number of hydrogen-bond acceptors (Lipinski definition) is 4. The Morgan fingerprint density at radius 1 is 1.28 bits per heavy atom. The first-order valence-electron chi connectivity index (χ1n) is 4.76. The van der Waals surface area contributed by atoms with E-state index in [4.69, 9.17) is 5.11 Å². The predicted octanol–water partition coefficient (Wildman–Crippen LogP) is 1.46. The van der Waals surface area contributed by atoms with Gasteiger partial charge in [0.1, 0.15) is 5.56 Å². The van der Waals surface area contributed by atoms with Crippen LogP contribution in [0.1, 0.15) is 27.6 Å². The van der Waals surface area contributed by atoms with Crippen molar-refractivity contribution in [3.8, 4) is 0 Å². The fourth-order valence-electron chi connectivity index (χ4n) is 1.60. The topological polar surface area (TPSA) is 80.4 Å². The van der Waals surface area contributed by atoms with E-state index in [9.17, 15) is 18.0 Å². The third-order valence-corrected chi connectivity index (χ3v) is 2.37. The van der Waals surface area contributed by atoms with Crippen LogP contribution < -0.4 is 0 Å². The molecular formula is C9H7F3N4O2. The zero-order valence-corrected chi connectivity index (χ0v) is 9.28. The van der Waals surface area contributed by atoms with Crippen molar-refractivity contribution >= 4 is 11.7 Å². The maximum atomic E-state index is 12.4. The Kier molecular flexibility index (Phi) is 2.49. The molecule has 0 aliphatic rings. The zero-order chi connectivity index (χ0) is 13.7. The molecule has 0 atom stereocenters. The monoisotopic (exact) mass is 260 g/mol. The van der Waals surface area contributed by atoms with Crippen molar-refractivity contribution in [1.82, 2.24) is 19.6 Å². The summed E-state index contributed by atoms with van der Waals surface area (Å²) < 4.78 is 38.1. The molecule has 2 aromatic rings. The van der Waals surface area contributed by atoms with Gasteiger partial charge in [-0.05, 0) is 13.8 Å². The van der Waals surface area contributed by atoms with Gasteiger partial charge in [-0.15, -0.1) is 5.10 Å². The number of aryl methyl sites for hydroxylation is 2. The Morgan fingerprint density at radius 2 is 1.89 bits per heavy atom. The number of aromatic carboxylic acids is 1. The van der Waals surface area contributed by atoms with Crippen molar-refractivity contribution in [3.05, 3.63) is 22.8 Å². The van der Waals surface area contributed by atoms with Gasteiger partial charge in [0, 0.05) is 0 Å². The van der Waals surface area contributed by atoms with Gasteiger partial charge in [0.05, 0.1) is 11.4 Å². The molecule has 0 bridgehead atoms. The highest BCUT2D eigenvalue weighted by atomic mass is 19.4. The molecule has 2 aromatic heterocycles. The van der Waals surface area contributed by atoms with Crippen molar-refractivity contribution in [2.45, 2.75) is 20.0 Å². The minimum absolute atomic E-state index is 0.0491. The number of carboxylic acids is 1. The van der Waals surface area contributed by atoms with Crippen LogP contribution in [0.3, 0.4) is 0 Å². The first kappa shape index (κ1) is 12.3. The molecule has 96 valence electrons. The van der Waals surface area contributed by atoms with Gasteiger partial charge in [0.15, 0.2) is 0 Å². The molecule has 0 aromatic carbocycles. The second kappa shape index (κ2) is 3.65. The Hall–Kier alpha value is -2.19. The van der Waals surface area contributed by atoms with E-state index in [0.717, 1.165) is 4.52 Å². The van der Waals surface area contributed by atoms with E-state index < -0.39 is 18.0 Å². The second-order valence-electron chi connectivity index (χ2n) is 3.61. The van der Waals surface area contributed by atoms with Gasteiger partial charge < -0.3 is 5.11 Å². The number of aromatic nitrogens is 4. The highest BCUT2D eigenvalue weighted by molar-refractivity contribution is 5.90. The average Bonchev–Trinajstić information content (AvgIpc) is 2.60. The van der Waals surface area contributed by atoms with E-state index in [1.807, 2.05) is 0 Å². The van der Waals surface area contributed by atoms with E-state index in [0.29, 0.717) is 0 Å². The summed E-state index contributed by atoms with van der Waals surface area (Å²) in [7, 11) is 0. The molecule has 0 saturated carbocycles. The van der Waals surface area contributed by atoms with Gasteiger partial charge in [-0.1, -0.05) is 0 Å². The summed E-state index contributed by atoms with van der Waals surface area (Å²) in [5.74, 6) is -2.90. The molecule has 0 spiro atoms. The Bertz CT molecular complexity index is 647. The maximum Gasteiger partial charge on any atom is 0.453 e. The number of rotatable bonds is 1. The number of nitrogens with zero attached hydrogens (tertiary/aromatic N) is 4. The molecule has 0 saturated heterocycles. The first-order chi connectivity index (χ1) is 8.21. The molecule has 0 radical (unpaired) electrons. The van der Waals surface area contributed by atoms with E-state index in [-0.39, 0.29) is 22.7 Å². The fraction of sp³-hybridized carbons (Fsp3) is 0.333. The van der Waals surface area contributed by atoms with Gasteiger partial charge in [-0.3, -0.25) is 0 Å². The Morgan fingerprint density at radius 3 is 2.39 bits per heavy atom. The molecule has 0 unspecified atom stereocenters. The third-order valence-electron chi connectivity index (χ3n) is 2.37. The number of halogens is 3. The van der Waals surface area contributed by atoms with Gasteiger partial charge in [-0.25, -0.2) is 14.3 Å². The molecule has 0 amide bonds. The van der Waals surface area contributed by atoms with Crippen LogP contribution in [0.5, 0.6) is 0 Å². The standard InChI is InChI=1S/C9H7F3N4O2/c1-3-5(6(17)18)4(2)16-8(13-3)14-7(15-16)9(10,11)12/h1-2H3,(H,17,18).